The van der Waals surface area contributed by atoms with Gasteiger partial charge >= 0.3 is 0 Å². The summed E-state index contributed by atoms with van der Waals surface area (Å²) in [7, 11) is -4.01. The van der Waals surface area contributed by atoms with E-state index in [9.17, 15) is 28.6 Å². The minimum atomic E-state index is -4.01. The highest BCUT2D eigenvalue weighted by Crippen LogP contribution is 2.37. The van der Waals surface area contributed by atoms with E-state index in [2.05, 4.69) is 0 Å². The number of sulfonamides is 1. The first-order chi connectivity index (χ1) is 9.66. The zero-order chi connectivity index (χ0) is 15.9. The van der Waals surface area contributed by atoms with Crippen LogP contribution >= 0.6 is 0 Å². The van der Waals surface area contributed by atoms with Gasteiger partial charge in [0.25, 0.3) is 11.4 Å². The fourth-order valence-electron chi connectivity index (χ4n) is 2.06. The Morgan fingerprint density at radius 1 is 1.24 bits per heavy atom. The Morgan fingerprint density at radius 2 is 1.86 bits per heavy atom. The van der Waals surface area contributed by atoms with E-state index >= 15 is 0 Å². The van der Waals surface area contributed by atoms with Gasteiger partial charge in [-0.25, -0.2) is 8.42 Å². The first-order valence-electron chi connectivity index (χ1n) is 6.11. The topological polar surface area (TPSA) is 123 Å². The van der Waals surface area contributed by atoms with E-state index in [0.29, 0.717) is 12.6 Å². The summed E-state index contributed by atoms with van der Waals surface area (Å²) in [6, 6.07) is 2.35. The molecule has 21 heavy (non-hydrogen) atoms. The molecule has 2 rings (SSSR count). The average Bonchev–Trinajstić information content (AvgIpc) is 3.18. The summed E-state index contributed by atoms with van der Waals surface area (Å²) in [5.74, 6) is 0.0943. The average molecular weight is 315 g/mol. The zero-order valence-electron chi connectivity index (χ0n) is 11.3. The van der Waals surface area contributed by atoms with Crippen LogP contribution in [0.25, 0.3) is 0 Å². The first kappa shape index (κ1) is 15.3. The Hall–Kier alpha value is -2.07. The van der Waals surface area contributed by atoms with Gasteiger partial charge in [0.05, 0.1) is 15.9 Å². The van der Waals surface area contributed by atoms with E-state index in [4.69, 9.17) is 0 Å². The van der Waals surface area contributed by atoms with Crippen LogP contribution in [-0.2, 0) is 10.0 Å². The lowest BCUT2D eigenvalue weighted by molar-refractivity contribution is -0.396. The molecule has 1 aromatic rings. The van der Waals surface area contributed by atoms with E-state index in [0.717, 1.165) is 16.4 Å². The summed E-state index contributed by atoms with van der Waals surface area (Å²) in [4.78, 5) is 19.4. The fourth-order valence-corrected chi connectivity index (χ4v) is 3.90. The lowest BCUT2D eigenvalue weighted by atomic mass is 10.1. The Morgan fingerprint density at radius 3 is 2.29 bits per heavy atom. The quantitative estimate of drug-likeness (QED) is 0.461. The van der Waals surface area contributed by atoms with Crippen LogP contribution in [0, 0.1) is 26.1 Å². The molecular formula is C11H13N3O6S. The summed E-state index contributed by atoms with van der Waals surface area (Å²) in [5.41, 5.74) is -1.30. The Bertz CT molecular complexity index is 715. The molecule has 1 aliphatic rings. The third kappa shape index (κ3) is 2.72. The highest BCUT2D eigenvalue weighted by molar-refractivity contribution is 7.89. The van der Waals surface area contributed by atoms with Crippen LogP contribution in [0.1, 0.15) is 13.8 Å². The Balaban J connectivity index is 2.49. The van der Waals surface area contributed by atoms with Crippen LogP contribution in [0.2, 0.25) is 0 Å². The first-order valence-corrected chi connectivity index (χ1v) is 7.55. The predicted octanol–water partition coefficient (Wildman–Crippen LogP) is 1.53. The molecule has 1 heterocycles. The number of hydrogen-bond donors (Lipinski definition) is 0. The highest BCUT2D eigenvalue weighted by atomic mass is 32.2. The van der Waals surface area contributed by atoms with Gasteiger partial charge in [0, 0.05) is 18.7 Å². The van der Waals surface area contributed by atoms with Crippen LogP contribution in [0.15, 0.2) is 23.1 Å². The maximum Gasteiger partial charge on any atom is 0.296 e. The van der Waals surface area contributed by atoms with Gasteiger partial charge in [0.15, 0.2) is 4.90 Å². The lowest BCUT2D eigenvalue weighted by Gasteiger charge is -2.08. The Labute approximate surface area is 120 Å². The van der Waals surface area contributed by atoms with Crippen molar-refractivity contribution >= 4 is 21.4 Å². The maximum atomic E-state index is 12.4. The third-order valence-corrected chi connectivity index (χ3v) is 5.25. The molecule has 0 N–H and O–H groups in total. The number of nitro groups is 2. The molecule has 1 aliphatic heterocycles. The SMILES string of the molecule is CC(C)[C@H]1CN1S(=O)(=O)c1ccc([N+](=O)[O-])cc1[N+](=O)[O-]. The summed E-state index contributed by atoms with van der Waals surface area (Å²) in [6.45, 7) is 4.00. The molecule has 1 unspecified atom stereocenters. The van der Waals surface area contributed by atoms with Crippen molar-refractivity contribution in [2.75, 3.05) is 6.54 Å². The van der Waals surface area contributed by atoms with Gasteiger partial charge in [-0.1, -0.05) is 13.8 Å². The highest BCUT2D eigenvalue weighted by Gasteiger charge is 2.48. The van der Waals surface area contributed by atoms with Gasteiger partial charge in [-0.2, -0.15) is 4.31 Å². The number of hydrogen-bond acceptors (Lipinski definition) is 6. The van der Waals surface area contributed by atoms with Crippen molar-refractivity contribution in [3.05, 3.63) is 38.4 Å². The van der Waals surface area contributed by atoms with E-state index < -0.39 is 36.1 Å². The smallest absolute Gasteiger partial charge is 0.258 e. The lowest BCUT2D eigenvalue weighted by Crippen LogP contribution is -2.18. The molecule has 0 amide bonds. The monoisotopic (exact) mass is 315 g/mol. The molecule has 1 fully saturated rings. The van der Waals surface area contributed by atoms with Gasteiger partial charge in [0.1, 0.15) is 0 Å². The van der Waals surface area contributed by atoms with Gasteiger partial charge in [-0.3, -0.25) is 20.2 Å². The maximum absolute atomic E-state index is 12.4. The number of nitrogens with zero attached hydrogens (tertiary/aromatic N) is 3. The van der Waals surface area contributed by atoms with Crippen LogP contribution < -0.4 is 0 Å². The largest absolute Gasteiger partial charge is 0.296 e. The van der Waals surface area contributed by atoms with Crippen molar-refractivity contribution in [3.8, 4) is 0 Å². The summed E-state index contributed by atoms with van der Waals surface area (Å²) in [6.07, 6.45) is 0. The van der Waals surface area contributed by atoms with Gasteiger partial charge in [-0.05, 0) is 12.0 Å². The van der Waals surface area contributed by atoms with Gasteiger partial charge < -0.3 is 0 Å². The molecule has 0 aromatic heterocycles. The molecule has 0 spiro atoms. The van der Waals surface area contributed by atoms with Crippen molar-refractivity contribution in [3.63, 3.8) is 0 Å². The number of non-ortho nitro benzene ring substituents is 1. The van der Waals surface area contributed by atoms with Crippen molar-refractivity contribution in [2.45, 2.75) is 24.8 Å². The van der Waals surface area contributed by atoms with E-state index in [1.54, 1.807) is 0 Å². The van der Waals surface area contributed by atoms with E-state index in [1.165, 1.54) is 0 Å². The second-order valence-corrected chi connectivity index (χ2v) is 6.91. The number of nitro benzene ring substituents is 2. The molecule has 0 aliphatic carbocycles. The number of rotatable bonds is 5. The van der Waals surface area contributed by atoms with Crippen molar-refractivity contribution in [1.29, 1.82) is 0 Å². The summed E-state index contributed by atoms with van der Waals surface area (Å²) in [5, 5.41) is 21.6. The van der Waals surface area contributed by atoms with Crippen LogP contribution in [0.5, 0.6) is 0 Å². The number of benzene rings is 1. The molecule has 0 bridgehead atoms. The van der Waals surface area contributed by atoms with Gasteiger partial charge in [0.2, 0.25) is 10.0 Å². The molecule has 9 nitrogen and oxygen atoms in total. The fraction of sp³-hybridized carbons (Fsp3) is 0.455. The summed E-state index contributed by atoms with van der Waals surface area (Å²) >= 11 is 0. The summed E-state index contributed by atoms with van der Waals surface area (Å²) < 4.78 is 25.9. The molecule has 0 radical (unpaired) electrons. The molecule has 1 saturated heterocycles. The minimum absolute atomic E-state index is 0.0943. The molecule has 2 atom stereocenters. The molecule has 1 aromatic carbocycles. The predicted molar refractivity (Wildman–Crippen MR) is 72.3 cm³/mol. The van der Waals surface area contributed by atoms with E-state index in [-0.39, 0.29) is 12.0 Å². The molecule has 0 saturated carbocycles. The van der Waals surface area contributed by atoms with Crippen LogP contribution in [0.4, 0.5) is 11.4 Å². The normalized spacial score (nSPS) is 21.3. The second-order valence-electron chi connectivity index (χ2n) is 5.05. The molecule has 10 heteroatoms. The van der Waals surface area contributed by atoms with E-state index in [1.807, 2.05) is 13.8 Å². The molecular weight excluding hydrogens is 302 g/mol. The molecule has 114 valence electrons. The van der Waals surface area contributed by atoms with Crippen molar-refractivity contribution in [2.24, 2.45) is 5.92 Å². The van der Waals surface area contributed by atoms with Crippen molar-refractivity contribution < 1.29 is 18.3 Å². The third-order valence-electron chi connectivity index (χ3n) is 3.31. The minimum Gasteiger partial charge on any atom is -0.258 e. The Kier molecular flexibility index (Phi) is 3.68. The van der Waals surface area contributed by atoms with Crippen LogP contribution in [0.3, 0.4) is 0 Å². The van der Waals surface area contributed by atoms with Gasteiger partial charge in [-0.15, -0.1) is 0 Å². The zero-order valence-corrected chi connectivity index (χ0v) is 12.1. The second kappa shape index (κ2) is 5.04. The van der Waals surface area contributed by atoms with Crippen LogP contribution in [-0.4, -0.2) is 35.2 Å². The van der Waals surface area contributed by atoms with Crippen molar-refractivity contribution in [1.82, 2.24) is 4.31 Å². The standard InChI is InChI=1S/C11H13N3O6S/c1-7(2)10-6-12(10)21(19,20)11-4-3-8(13(15)16)5-9(11)14(17)18/h3-5,7,10H,6H2,1-2H3/t10-,12?/m1/s1.